The van der Waals surface area contributed by atoms with Crippen LogP contribution in [0.25, 0.3) is 11.1 Å². The van der Waals surface area contributed by atoms with Crippen LogP contribution in [0.15, 0.2) is 36.4 Å². The van der Waals surface area contributed by atoms with Gasteiger partial charge in [-0.05, 0) is 61.6 Å². The van der Waals surface area contributed by atoms with Gasteiger partial charge in [-0.1, -0.05) is 12.1 Å². The number of carbonyl (C=O) groups is 2. The minimum atomic E-state index is -0.0834. The molecule has 1 amide bonds. The zero-order valence-electron chi connectivity index (χ0n) is 15.2. The van der Waals surface area contributed by atoms with E-state index in [4.69, 9.17) is 0 Å². The van der Waals surface area contributed by atoms with Crippen LogP contribution in [0.3, 0.4) is 0 Å². The first-order valence-corrected chi connectivity index (χ1v) is 8.75. The monoisotopic (exact) mass is 355 g/mol. The molecule has 0 aliphatic heterocycles. The van der Waals surface area contributed by atoms with Crippen molar-refractivity contribution >= 4 is 11.7 Å². The third-order valence-corrected chi connectivity index (χ3v) is 4.19. The van der Waals surface area contributed by atoms with Crippen LogP contribution in [0.2, 0.25) is 0 Å². The first-order chi connectivity index (χ1) is 12.4. The van der Waals surface area contributed by atoms with Crippen LogP contribution in [-0.2, 0) is 22.4 Å². The summed E-state index contributed by atoms with van der Waals surface area (Å²) in [7, 11) is 0. The number of hydrogen-bond donors (Lipinski definition) is 3. The van der Waals surface area contributed by atoms with Gasteiger partial charge in [0.05, 0.1) is 0 Å². The predicted molar refractivity (Wildman–Crippen MR) is 101 cm³/mol. The highest BCUT2D eigenvalue weighted by Gasteiger charge is 2.11. The molecule has 138 valence electrons. The molecule has 0 aliphatic carbocycles. The average molecular weight is 355 g/mol. The summed E-state index contributed by atoms with van der Waals surface area (Å²) < 4.78 is 0. The van der Waals surface area contributed by atoms with Gasteiger partial charge in [0.25, 0.3) is 0 Å². The number of carbonyl (C=O) groups excluding carboxylic acids is 2. The van der Waals surface area contributed by atoms with E-state index in [0.717, 1.165) is 24.0 Å². The second-order valence-corrected chi connectivity index (χ2v) is 6.49. The third-order valence-electron chi connectivity index (χ3n) is 4.19. The van der Waals surface area contributed by atoms with E-state index in [1.54, 1.807) is 25.1 Å². The molecule has 26 heavy (non-hydrogen) atoms. The number of aryl methyl sites for hydroxylation is 1. The first kappa shape index (κ1) is 19.5. The number of nitrogens with one attached hydrogen (secondary N) is 1. The van der Waals surface area contributed by atoms with E-state index in [9.17, 15) is 19.8 Å². The maximum atomic E-state index is 11.1. The molecule has 2 aromatic carbocycles. The van der Waals surface area contributed by atoms with Gasteiger partial charge in [-0.15, -0.1) is 0 Å². The van der Waals surface area contributed by atoms with Crippen LogP contribution in [0.5, 0.6) is 11.5 Å². The van der Waals surface area contributed by atoms with Crippen LogP contribution in [-0.4, -0.2) is 28.4 Å². The number of aromatic hydroxyl groups is 2. The van der Waals surface area contributed by atoms with Gasteiger partial charge in [-0.3, -0.25) is 4.79 Å². The van der Waals surface area contributed by atoms with Crippen LogP contribution in [0, 0.1) is 0 Å². The van der Waals surface area contributed by atoms with Gasteiger partial charge in [0.15, 0.2) is 0 Å². The fourth-order valence-electron chi connectivity index (χ4n) is 2.83. The Bertz CT molecular complexity index is 731. The maximum Gasteiger partial charge on any atom is 0.216 e. The van der Waals surface area contributed by atoms with E-state index in [1.807, 2.05) is 18.2 Å². The summed E-state index contributed by atoms with van der Waals surface area (Å²) in [4.78, 5) is 22.1. The Morgan fingerprint density at radius 2 is 1.42 bits per heavy atom. The molecule has 0 atom stereocenters. The van der Waals surface area contributed by atoms with Gasteiger partial charge < -0.3 is 20.3 Å². The van der Waals surface area contributed by atoms with Crippen molar-refractivity contribution in [2.75, 3.05) is 6.54 Å². The van der Waals surface area contributed by atoms with E-state index in [0.29, 0.717) is 30.5 Å². The molecule has 0 heterocycles. The van der Waals surface area contributed by atoms with Crippen molar-refractivity contribution in [3.05, 3.63) is 47.5 Å². The predicted octanol–water partition coefficient (Wildman–Crippen LogP) is 3.36. The third kappa shape index (κ3) is 5.62. The molecule has 5 heteroatoms. The molecule has 0 aliphatic rings. The molecule has 0 bridgehead atoms. The summed E-state index contributed by atoms with van der Waals surface area (Å²) in [5, 5.41) is 23.2. The van der Waals surface area contributed by atoms with Crippen molar-refractivity contribution < 1.29 is 19.8 Å². The topological polar surface area (TPSA) is 86.6 Å². The number of phenolic OH excluding ortho intramolecular Hbond substituents is 2. The SMILES string of the molecule is CC(=O)CCCc1ccc(O)c(-c2cc(CCNC(C)=O)ccc2O)c1. The molecular formula is C21H25NO4. The van der Waals surface area contributed by atoms with Gasteiger partial charge in [0.1, 0.15) is 17.3 Å². The highest BCUT2D eigenvalue weighted by Crippen LogP contribution is 2.36. The number of amides is 1. The van der Waals surface area contributed by atoms with Gasteiger partial charge in [-0.2, -0.15) is 0 Å². The van der Waals surface area contributed by atoms with Gasteiger partial charge in [0, 0.05) is 31.0 Å². The summed E-state index contributed by atoms with van der Waals surface area (Å²) in [6.45, 7) is 3.56. The van der Waals surface area contributed by atoms with Gasteiger partial charge in [-0.25, -0.2) is 0 Å². The van der Waals surface area contributed by atoms with Crippen molar-refractivity contribution in [2.45, 2.75) is 39.5 Å². The number of ketones is 1. The van der Waals surface area contributed by atoms with Gasteiger partial charge in [0.2, 0.25) is 5.91 Å². The van der Waals surface area contributed by atoms with Crippen LogP contribution in [0.4, 0.5) is 0 Å². The quantitative estimate of drug-likeness (QED) is 0.678. The van der Waals surface area contributed by atoms with Crippen molar-refractivity contribution in [1.29, 1.82) is 0 Å². The number of benzene rings is 2. The Balaban J connectivity index is 2.22. The summed E-state index contributed by atoms with van der Waals surface area (Å²) >= 11 is 0. The molecule has 0 radical (unpaired) electrons. The normalized spacial score (nSPS) is 10.5. The van der Waals surface area contributed by atoms with Crippen molar-refractivity contribution in [3.8, 4) is 22.6 Å². The molecule has 0 saturated carbocycles. The van der Waals surface area contributed by atoms with Crippen molar-refractivity contribution in [3.63, 3.8) is 0 Å². The fraction of sp³-hybridized carbons (Fsp3) is 0.333. The molecule has 2 rings (SSSR count). The molecular weight excluding hydrogens is 330 g/mol. The van der Waals surface area contributed by atoms with Crippen molar-refractivity contribution in [1.82, 2.24) is 5.32 Å². The highest BCUT2D eigenvalue weighted by molar-refractivity contribution is 5.77. The molecule has 0 unspecified atom stereocenters. The van der Waals surface area contributed by atoms with Crippen LogP contribution < -0.4 is 5.32 Å². The van der Waals surface area contributed by atoms with E-state index in [2.05, 4.69) is 5.32 Å². The average Bonchev–Trinajstić information content (AvgIpc) is 2.57. The Kier molecular flexibility index (Phi) is 6.78. The lowest BCUT2D eigenvalue weighted by Crippen LogP contribution is -2.22. The maximum absolute atomic E-state index is 11.1. The second kappa shape index (κ2) is 9.04. The molecule has 0 fully saturated rings. The van der Waals surface area contributed by atoms with E-state index < -0.39 is 0 Å². The zero-order valence-corrected chi connectivity index (χ0v) is 15.2. The van der Waals surface area contributed by atoms with Crippen molar-refractivity contribution in [2.24, 2.45) is 0 Å². The Hall–Kier alpha value is -2.82. The summed E-state index contributed by atoms with van der Waals surface area (Å²) in [5.41, 5.74) is 3.07. The number of rotatable bonds is 8. The van der Waals surface area contributed by atoms with E-state index in [1.165, 1.54) is 6.92 Å². The lowest BCUT2D eigenvalue weighted by atomic mass is 9.96. The number of phenols is 2. The largest absolute Gasteiger partial charge is 0.507 e. The standard InChI is InChI=1S/C21H25NO4/c1-14(23)4-3-5-16-6-8-20(25)18(12-16)19-13-17(7-9-21(19)26)10-11-22-15(2)24/h6-9,12-13,25-26H,3-5,10-11H2,1-2H3,(H,22,24). The smallest absolute Gasteiger partial charge is 0.216 e. The molecule has 0 aromatic heterocycles. The number of Topliss-reactive ketones (excluding diaryl/α,β-unsaturated/α-hetero) is 1. The summed E-state index contributed by atoms with van der Waals surface area (Å²) in [6, 6.07) is 10.5. The number of hydrogen-bond acceptors (Lipinski definition) is 4. The fourth-order valence-corrected chi connectivity index (χ4v) is 2.83. The summed E-state index contributed by atoms with van der Waals surface area (Å²) in [6.07, 6.45) is 2.64. The second-order valence-electron chi connectivity index (χ2n) is 6.49. The molecule has 0 saturated heterocycles. The molecule has 2 aromatic rings. The Morgan fingerprint density at radius 1 is 0.885 bits per heavy atom. The van der Waals surface area contributed by atoms with Crippen LogP contribution in [0.1, 0.15) is 37.8 Å². The molecule has 3 N–H and O–H groups in total. The minimum absolute atomic E-state index is 0.0834. The van der Waals surface area contributed by atoms with E-state index >= 15 is 0 Å². The van der Waals surface area contributed by atoms with E-state index in [-0.39, 0.29) is 23.2 Å². The molecule has 5 nitrogen and oxygen atoms in total. The molecule has 0 spiro atoms. The van der Waals surface area contributed by atoms with Crippen LogP contribution >= 0.6 is 0 Å². The summed E-state index contributed by atoms with van der Waals surface area (Å²) in [5.74, 6) is 0.257. The van der Waals surface area contributed by atoms with Gasteiger partial charge >= 0.3 is 0 Å². The zero-order chi connectivity index (χ0) is 19.1. The lowest BCUT2D eigenvalue weighted by molar-refractivity contribution is -0.119. The Labute approximate surface area is 153 Å². The Morgan fingerprint density at radius 3 is 1.92 bits per heavy atom. The first-order valence-electron chi connectivity index (χ1n) is 8.75. The highest BCUT2D eigenvalue weighted by atomic mass is 16.3. The lowest BCUT2D eigenvalue weighted by Gasteiger charge is -2.12. The minimum Gasteiger partial charge on any atom is -0.507 e.